The minimum Gasteiger partial charge on any atom is -0.490 e. The minimum atomic E-state index is -0.221. The van der Waals surface area contributed by atoms with Gasteiger partial charge in [0.1, 0.15) is 23.3 Å². The van der Waals surface area contributed by atoms with E-state index in [1.807, 2.05) is 60.7 Å². The number of hydrogen-bond donors (Lipinski definition) is 1. The van der Waals surface area contributed by atoms with E-state index in [1.54, 1.807) is 0 Å². The van der Waals surface area contributed by atoms with Gasteiger partial charge in [-0.25, -0.2) is 0 Å². The van der Waals surface area contributed by atoms with E-state index in [4.69, 9.17) is 14.0 Å². The van der Waals surface area contributed by atoms with E-state index in [9.17, 15) is 4.79 Å². The van der Waals surface area contributed by atoms with Crippen LogP contribution in [0.2, 0.25) is 0 Å². The molecule has 6 heteroatoms. The number of nitrogens with one attached hydrogen (secondary N) is 1. The molecule has 0 aliphatic carbocycles. The van der Waals surface area contributed by atoms with Gasteiger partial charge >= 0.3 is 0 Å². The second-order valence-corrected chi connectivity index (χ2v) is 7.71. The van der Waals surface area contributed by atoms with Gasteiger partial charge in [0.15, 0.2) is 12.4 Å². The zero-order valence-electron chi connectivity index (χ0n) is 17.1. The van der Waals surface area contributed by atoms with Gasteiger partial charge in [0.25, 0.3) is 5.91 Å². The average Bonchev–Trinajstić information content (AvgIpc) is 3.41. The van der Waals surface area contributed by atoms with Gasteiger partial charge < -0.3 is 19.3 Å². The monoisotopic (exact) mass is 414 g/mol. The molecule has 1 aliphatic rings. The number of carbonyl (C=O) groups excluding carboxylic acids is 1. The number of ether oxygens (including phenoxy) is 2. The molecule has 1 amide bonds. The molecule has 1 atom stereocenters. The van der Waals surface area contributed by atoms with E-state index >= 15 is 0 Å². The van der Waals surface area contributed by atoms with Crippen molar-refractivity contribution in [2.24, 2.45) is 0 Å². The summed E-state index contributed by atoms with van der Waals surface area (Å²) >= 11 is 0. The van der Waals surface area contributed by atoms with Crippen molar-refractivity contribution in [3.8, 4) is 22.8 Å². The summed E-state index contributed by atoms with van der Waals surface area (Å²) in [5.41, 5.74) is 2.77. The first-order valence-corrected chi connectivity index (χ1v) is 10.3. The van der Waals surface area contributed by atoms with Crippen LogP contribution in [0.3, 0.4) is 0 Å². The van der Waals surface area contributed by atoms with Gasteiger partial charge in [-0.05, 0) is 53.6 Å². The zero-order valence-corrected chi connectivity index (χ0v) is 17.1. The molecule has 5 rings (SSSR count). The summed E-state index contributed by atoms with van der Waals surface area (Å²) in [5, 5.41) is 9.08. The van der Waals surface area contributed by atoms with Crippen LogP contribution in [-0.4, -0.2) is 23.8 Å². The maximum Gasteiger partial charge on any atom is 0.258 e. The molecule has 0 spiro atoms. The van der Waals surface area contributed by atoms with Crippen molar-refractivity contribution in [1.82, 2.24) is 10.5 Å². The van der Waals surface area contributed by atoms with Gasteiger partial charge in [-0.3, -0.25) is 4.79 Å². The fourth-order valence-corrected chi connectivity index (χ4v) is 3.75. The lowest BCUT2D eigenvalue weighted by atomic mass is 10.1. The molecule has 3 aromatic carbocycles. The molecule has 1 unspecified atom stereocenters. The summed E-state index contributed by atoms with van der Waals surface area (Å²) in [4.78, 5) is 12.2. The molecule has 0 radical (unpaired) electrons. The number of amides is 1. The van der Waals surface area contributed by atoms with E-state index in [-0.39, 0.29) is 25.2 Å². The lowest BCUT2D eigenvalue weighted by molar-refractivity contribution is -0.123. The highest BCUT2D eigenvalue weighted by molar-refractivity contribution is 5.84. The Bertz CT molecular complexity index is 1250. The molecule has 0 fully saturated rings. The van der Waals surface area contributed by atoms with Crippen molar-refractivity contribution in [3.63, 3.8) is 0 Å². The largest absolute Gasteiger partial charge is 0.490 e. The van der Waals surface area contributed by atoms with E-state index in [0.29, 0.717) is 17.2 Å². The van der Waals surface area contributed by atoms with Crippen molar-refractivity contribution in [2.45, 2.75) is 26.0 Å². The van der Waals surface area contributed by atoms with E-state index in [2.05, 4.69) is 23.5 Å². The smallest absolute Gasteiger partial charge is 0.258 e. The molecule has 0 saturated heterocycles. The molecule has 1 N–H and O–H groups in total. The molecule has 2 heterocycles. The van der Waals surface area contributed by atoms with Crippen LogP contribution >= 0.6 is 0 Å². The van der Waals surface area contributed by atoms with Crippen LogP contribution in [0.25, 0.3) is 22.1 Å². The van der Waals surface area contributed by atoms with Gasteiger partial charge in [-0.15, -0.1) is 0 Å². The molecule has 0 bridgehead atoms. The maximum absolute atomic E-state index is 12.2. The predicted molar refractivity (Wildman–Crippen MR) is 117 cm³/mol. The molecule has 156 valence electrons. The van der Waals surface area contributed by atoms with Gasteiger partial charge in [-0.1, -0.05) is 35.5 Å². The Morgan fingerprint density at radius 1 is 1.10 bits per heavy atom. The van der Waals surface area contributed by atoms with Crippen LogP contribution in [-0.2, 0) is 17.8 Å². The van der Waals surface area contributed by atoms with Crippen LogP contribution < -0.4 is 14.8 Å². The Kier molecular flexibility index (Phi) is 5.04. The number of rotatable bonds is 6. The van der Waals surface area contributed by atoms with Crippen LogP contribution in [0, 0.1) is 0 Å². The summed E-state index contributed by atoms with van der Waals surface area (Å²) in [5.74, 6) is 2.03. The molecular weight excluding hydrogens is 392 g/mol. The second-order valence-electron chi connectivity index (χ2n) is 7.71. The number of nitrogens with zero attached hydrogens (tertiary/aromatic N) is 1. The first-order chi connectivity index (χ1) is 15.1. The molecule has 4 aromatic rings. The summed E-state index contributed by atoms with van der Waals surface area (Å²) in [6.07, 6.45) is 1.08. The fourth-order valence-electron chi connectivity index (χ4n) is 3.75. The van der Waals surface area contributed by atoms with E-state index in [0.717, 1.165) is 28.5 Å². The number of fused-ring (bicyclic) bond motifs is 2. The standard InChI is InChI=1S/C25H22N2O4/c1-16-10-20-11-19(7-9-23(20)30-16)24-13-21(27-31-24)14-26-25(28)15-29-22-8-6-17-4-2-3-5-18(17)12-22/h2-9,11-13,16H,10,14-15H2,1H3,(H,26,28). The third-order valence-corrected chi connectivity index (χ3v) is 5.30. The first-order valence-electron chi connectivity index (χ1n) is 10.3. The summed E-state index contributed by atoms with van der Waals surface area (Å²) in [6.45, 7) is 2.26. The maximum atomic E-state index is 12.2. The topological polar surface area (TPSA) is 73.6 Å². The van der Waals surface area contributed by atoms with Gasteiger partial charge in [0, 0.05) is 18.1 Å². The fraction of sp³-hybridized carbons (Fsp3) is 0.200. The highest BCUT2D eigenvalue weighted by atomic mass is 16.5. The summed E-state index contributed by atoms with van der Waals surface area (Å²) in [6, 6.07) is 21.6. The third-order valence-electron chi connectivity index (χ3n) is 5.30. The van der Waals surface area contributed by atoms with Crippen LogP contribution in [0.15, 0.2) is 71.3 Å². The van der Waals surface area contributed by atoms with Gasteiger partial charge in [0.05, 0.1) is 6.54 Å². The summed E-state index contributed by atoms with van der Waals surface area (Å²) in [7, 11) is 0. The lowest BCUT2D eigenvalue weighted by Gasteiger charge is -2.07. The lowest BCUT2D eigenvalue weighted by Crippen LogP contribution is -2.28. The zero-order chi connectivity index (χ0) is 21.2. The Morgan fingerprint density at radius 2 is 1.97 bits per heavy atom. The summed E-state index contributed by atoms with van der Waals surface area (Å²) < 4.78 is 16.8. The van der Waals surface area contributed by atoms with Crippen LogP contribution in [0.1, 0.15) is 18.2 Å². The van der Waals surface area contributed by atoms with Crippen molar-refractivity contribution in [3.05, 3.63) is 78.0 Å². The van der Waals surface area contributed by atoms with Crippen LogP contribution in [0.5, 0.6) is 11.5 Å². The van der Waals surface area contributed by atoms with Crippen molar-refractivity contribution < 1.29 is 18.8 Å². The van der Waals surface area contributed by atoms with Gasteiger partial charge in [-0.2, -0.15) is 0 Å². The van der Waals surface area contributed by atoms with Crippen LogP contribution in [0.4, 0.5) is 0 Å². The van der Waals surface area contributed by atoms with E-state index in [1.165, 1.54) is 5.56 Å². The Labute approximate surface area is 179 Å². The first kappa shape index (κ1) is 19.2. The quantitative estimate of drug-likeness (QED) is 0.502. The molecular formula is C25H22N2O4. The average molecular weight is 414 g/mol. The Balaban J connectivity index is 1.16. The van der Waals surface area contributed by atoms with Crippen molar-refractivity contribution in [2.75, 3.05) is 6.61 Å². The Morgan fingerprint density at radius 3 is 2.87 bits per heavy atom. The van der Waals surface area contributed by atoms with Crippen molar-refractivity contribution in [1.29, 1.82) is 0 Å². The highest BCUT2D eigenvalue weighted by Crippen LogP contribution is 2.33. The third kappa shape index (κ3) is 4.23. The van der Waals surface area contributed by atoms with E-state index < -0.39 is 0 Å². The minimum absolute atomic E-state index is 0.0634. The highest BCUT2D eigenvalue weighted by Gasteiger charge is 2.20. The molecule has 1 aromatic heterocycles. The number of carbonyl (C=O) groups is 1. The predicted octanol–water partition coefficient (Wildman–Crippen LogP) is 4.51. The SMILES string of the molecule is CC1Cc2cc(-c3cc(CNC(=O)COc4ccc5ccccc5c4)no3)ccc2O1. The second kappa shape index (κ2) is 8.14. The Hall–Kier alpha value is -3.80. The normalized spacial score (nSPS) is 14.8. The van der Waals surface area contributed by atoms with Crippen molar-refractivity contribution >= 4 is 16.7 Å². The molecule has 31 heavy (non-hydrogen) atoms. The van der Waals surface area contributed by atoms with Gasteiger partial charge in [0.2, 0.25) is 0 Å². The molecule has 1 aliphatic heterocycles. The number of hydrogen-bond acceptors (Lipinski definition) is 5. The number of aromatic nitrogens is 1. The number of benzene rings is 3. The molecule has 6 nitrogen and oxygen atoms in total. The molecule has 0 saturated carbocycles.